The molecular weight excluding hydrogens is 286 g/mol. The zero-order valence-corrected chi connectivity index (χ0v) is 12.8. The Morgan fingerprint density at radius 3 is 2.24 bits per heavy atom. The molecule has 0 aromatic heterocycles. The van der Waals surface area contributed by atoms with Crippen molar-refractivity contribution in [1.29, 1.82) is 0 Å². The topological polar surface area (TPSA) is 63.2 Å². The molecule has 0 fully saturated rings. The SMILES string of the molecule is CCC(=O)c1ccc(S(=O)(=O)Nc2ccccc2C)cc1. The molecule has 0 aliphatic rings. The second-order valence-corrected chi connectivity index (χ2v) is 6.40. The predicted molar refractivity (Wildman–Crippen MR) is 83.1 cm³/mol. The van der Waals surface area contributed by atoms with Gasteiger partial charge in [0, 0.05) is 12.0 Å². The van der Waals surface area contributed by atoms with Gasteiger partial charge in [-0.2, -0.15) is 0 Å². The lowest BCUT2D eigenvalue weighted by Gasteiger charge is -2.10. The van der Waals surface area contributed by atoms with Crippen LogP contribution in [-0.2, 0) is 10.0 Å². The van der Waals surface area contributed by atoms with Crippen LogP contribution in [0.1, 0.15) is 29.3 Å². The van der Waals surface area contributed by atoms with E-state index in [0.717, 1.165) is 5.56 Å². The highest BCUT2D eigenvalue weighted by molar-refractivity contribution is 7.92. The van der Waals surface area contributed by atoms with Crippen LogP contribution in [0.25, 0.3) is 0 Å². The summed E-state index contributed by atoms with van der Waals surface area (Å²) in [5.74, 6) is -0.00851. The molecule has 0 saturated carbocycles. The zero-order valence-electron chi connectivity index (χ0n) is 12.0. The Morgan fingerprint density at radius 2 is 1.67 bits per heavy atom. The molecule has 4 nitrogen and oxygen atoms in total. The Bertz CT molecular complexity index is 749. The van der Waals surface area contributed by atoms with Gasteiger partial charge >= 0.3 is 0 Å². The Kier molecular flexibility index (Phi) is 4.43. The minimum Gasteiger partial charge on any atom is -0.294 e. The monoisotopic (exact) mass is 303 g/mol. The summed E-state index contributed by atoms with van der Waals surface area (Å²) in [5.41, 5.74) is 1.91. The predicted octanol–water partition coefficient (Wildman–Crippen LogP) is 3.39. The van der Waals surface area contributed by atoms with Gasteiger partial charge in [-0.3, -0.25) is 9.52 Å². The second kappa shape index (κ2) is 6.10. The smallest absolute Gasteiger partial charge is 0.261 e. The molecule has 2 aromatic carbocycles. The van der Waals surface area contributed by atoms with Crippen molar-refractivity contribution in [3.05, 3.63) is 59.7 Å². The van der Waals surface area contributed by atoms with Gasteiger partial charge in [-0.1, -0.05) is 37.3 Å². The molecule has 21 heavy (non-hydrogen) atoms. The molecule has 0 aliphatic heterocycles. The average molecular weight is 303 g/mol. The van der Waals surface area contributed by atoms with Crippen LogP contribution in [0, 0.1) is 6.92 Å². The van der Waals surface area contributed by atoms with Crippen LogP contribution < -0.4 is 4.72 Å². The van der Waals surface area contributed by atoms with Crippen LogP contribution in [0.15, 0.2) is 53.4 Å². The highest BCUT2D eigenvalue weighted by Gasteiger charge is 2.15. The first-order chi connectivity index (χ1) is 9.94. The van der Waals surface area contributed by atoms with E-state index in [2.05, 4.69) is 4.72 Å². The van der Waals surface area contributed by atoms with E-state index in [0.29, 0.717) is 17.7 Å². The quantitative estimate of drug-likeness (QED) is 0.861. The maximum Gasteiger partial charge on any atom is 0.261 e. The van der Waals surface area contributed by atoms with E-state index in [9.17, 15) is 13.2 Å². The van der Waals surface area contributed by atoms with Gasteiger partial charge in [-0.25, -0.2) is 8.42 Å². The molecule has 110 valence electrons. The summed E-state index contributed by atoms with van der Waals surface area (Å²) in [7, 11) is -3.65. The van der Waals surface area contributed by atoms with Crippen LogP contribution in [0.4, 0.5) is 5.69 Å². The molecule has 0 radical (unpaired) electrons. The Balaban J connectivity index is 2.28. The molecule has 0 aliphatic carbocycles. The minimum atomic E-state index is -3.65. The Labute approximate surface area is 124 Å². The van der Waals surface area contributed by atoms with Gasteiger partial charge in [0.05, 0.1) is 10.6 Å². The summed E-state index contributed by atoms with van der Waals surface area (Å²) in [6.45, 7) is 3.60. The summed E-state index contributed by atoms with van der Waals surface area (Å²) in [6, 6.07) is 13.1. The van der Waals surface area contributed by atoms with Crippen LogP contribution in [0.5, 0.6) is 0 Å². The van der Waals surface area contributed by atoms with E-state index in [1.165, 1.54) is 24.3 Å². The van der Waals surface area contributed by atoms with Gasteiger partial charge in [0.2, 0.25) is 0 Å². The third-order valence-corrected chi connectivity index (χ3v) is 4.58. The lowest BCUT2D eigenvalue weighted by Crippen LogP contribution is -2.13. The number of hydrogen-bond acceptors (Lipinski definition) is 3. The highest BCUT2D eigenvalue weighted by atomic mass is 32.2. The van der Waals surface area contributed by atoms with Crippen LogP contribution >= 0.6 is 0 Å². The van der Waals surface area contributed by atoms with Crippen molar-refractivity contribution in [2.24, 2.45) is 0 Å². The number of nitrogens with one attached hydrogen (secondary N) is 1. The summed E-state index contributed by atoms with van der Waals surface area (Å²) < 4.78 is 27.2. The number of carbonyl (C=O) groups excluding carboxylic acids is 1. The van der Waals surface area contributed by atoms with E-state index < -0.39 is 10.0 Å². The fraction of sp³-hybridized carbons (Fsp3) is 0.188. The van der Waals surface area contributed by atoms with Gasteiger partial charge in [-0.15, -0.1) is 0 Å². The van der Waals surface area contributed by atoms with Gasteiger partial charge < -0.3 is 0 Å². The maximum absolute atomic E-state index is 12.3. The van der Waals surface area contributed by atoms with Crippen molar-refractivity contribution < 1.29 is 13.2 Å². The van der Waals surface area contributed by atoms with E-state index >= 15 is 0 Å². The molecule has 0 spiro atoms. The van der Waals surface area contributed by atoms with Gasteiger partial charge in [0.25, 0.3) is 10.0 Å². The Morgan fingerprint density at radius 1 is 1.05 bits per heavy atom. The molecule has 0 heterocycles. The molecule has 0 saturated heterocycles. The van der Waals surface area contributed by atoms with Crippen molar-refractivity contribution in [2.75, 3.05) is 4.72 Å². The summed E-state index contributed by atoms with van der Waals surface area (Å²) in [5, 5.41) is 0. The number of rotatable bonds is 5. The second-order valence-electron chi connectivity index (χ2n) is 4.72. The first-order valence-electron chi connectivity index (χ1n) is 6.66. The molecule has 1 N–H and O–H groups in total. The highest BCUT2D eigenvalue weighted by Crippen LogP contribution is 2.19. The van der Waals surface area contributed by atoms with E-state index in [1.807, 2.05) is 19.1 Å². The van der Waals surface area contributed by atoms with E-state index in [1.54, 1.807) is 19.1 Å². The first kappa shape index (κ1) is 15.3. The molecular formula is C16H17NO3S. The summed E-state index contributed by atoms with van der Waals surface area (Å²) >= 11 is 0. The van der Waals surface area contributed by atoms with Gasteiger partial charge in [-0.05, 0) is 30.7 Å². The molecule has 5 heteroatoms. The number of anilines is 1. The lowest BCUT2D eigenvalue weighted by atomic mass is 10.1. The first-order valence-corrected chi connectivity index (χ1v) is 8.14. The summed E-state index contributed by atoms with van der Waals surface area (Å²) in [6.07, 6.45) is 0.396. The fourth-order valence-corrected chi connectivity index (χ4v) is 3.05. The fourth-order valence-electron chi connectivity index (χ4n) is 1.92. The third kappa shape index (κ3) is 3.49. The van der Waals surface area contributed by atoms with Crippen molar-refractivity contribution in [2.45, 2.75) is 25.2 Å². The number of aryl methyl sites for hydroxylation is 1. The largest absolute Gasteiger partial charge is 0.294 e. The molecule has 0 atom stereocenters. The third-order valence-electron chi connectivity index (χ3n) is 3.20. The normalized spacial score (nSPS) is 11.1. The van der Waals surface area contributed by atoms with Crippen LogP contribution in [0.2, 0.25) is 0 Å². The molecule has 0 bridgehead atoms. The Hall–Kier alpha value is -2.14. The molecule has 0 amide bonds. The molecule has 2 rings (SSSR count). The zero-order chi connectivity index (χ0) is 15.5. The van der Waals surface area contributed by atoms with Crippen molar-refractivity contribution >= 4 is 21.5 Å². The number of benzene rings is 2. The number of para-hydroxylation sites is 1. The number of ketones is 1. The van der Waals surface area contributed by atoms with Gasteiger partial charge in [0.1, 0.15) is 0 Å². The maximum atomic E-state index is 12.3. The number of carbonyl (C=O) groups is 1. The van der Waals surface area contributed by atoms with Crippen molar-refractivity contribution in [3.63, 3.8) is 0 Å². The van der Waals surface area contributed by atoms with Gasteiger partial charge in [0.15, 0.2) is 5.78 Å². The van der Waals surface area contributed by atoms with E-state index in [-0.39, 0.29) is 10.7 Å². The number of hydrogen-bond donors (Lipinski definition) is 1. The summed E-state index contributed by atoms with van der Waals surface area (Å²) in [4.78, 5) is 11.7. The van der Waals surface area contributed by atoms with Crippen LogP contribution in [0.3, 0.4) is 0 Å². The standard InChI is InChI=1S/C16H17NO3S/c1-3-16(18)13-8-10-14(11-9-13)21(19,20)17-15-7-5-4-6-12(15)2/h4-11,17H,3H2,1-2H3. The molecule has 0 unspecified atom stereocenters. The number of sulfonamides is 1. The van der Waals surface area contributed by atoms with Crippen molar-refractivity contribution in [1.82, 2.24) is 0 Å². The molecule has 2 aromatic rings. The van der Waals surface area contributed by atoms with E-state index in [4.69, 9.17) is 0 Å². The minimum absolute atomic E-state index is 0.00851. The average Bonchev–Trinajstić information content (AvgIpc) is 2.49. The number of Topliss-reactive ketones (excluding diaryl/α,β-unsaturated/α-hetero) is 1. The van der Waals surface area contributed by atoms with Crippen molar-refractivity contribution in [3.8, 4) is 0 Å². The lowest BCUT2D eigenvalue weighted by molar-refractivity contribution is 0.0988. The van der Waals surface area contributed by atoms with Crippen LogP contribution in [-0.4, -0.2) is 14.2 Å².